The number of likely N-dealkylation sites (tertiary alicyclic amines) is 1. The Morgan fingerprint density at radius 1 is 1.45 bits per heavy atom. The minimum atomic E-state index is 0.704. The van der Waals surface area contributed by atoms with Gasteiger partial charge in [0.15, 0.2) is 0 Å². The number of hydrogen-bond acceptors (Lipinski definition) is 2. The highest BCUT2D eigenvalue weighted by molar-refractivity contribution is 4.99. The predicted molar refractivity (Wildman–Crippen MR) is 46.7 cm³/mol. The Morgan fingerprint density at radius 3 is 2.73 bits per heavy atom. The molecule has 2 nitrogen and oxygen atoms in total. The monoisotopic (exact) mass is 154 g/mol. The fraction of sp³-hybridized carbons (Fsp3) is 1.00. The Kier molecular flexibility index (Phi) is 1.90. The van der Waals surface area contributed by atoms with Crippen molar-refractivity contribution in [3.05, 3.63) is 0 Å². The van der Waals surface area contributed by atoms with E-state index < -0.39 is 0 Å². The van der Waals surface area contributed by atoms with Gasteiger partial charge in [0.25, 0.3) is 0 Å². The van der Waals surface area contributed by atoms with Crippen LogP contribution in [-0.2, 0) is 0 Å². The Labute approximate surface area is 69.0 Å². The van der Waals surface area contributed by atoms with Gasteiger partial charge in [0, 0.05) is 25.0 Å². The van der Waals surface area contributed by atoms with E-state index in [4.69, 9.17) is 0 Å². The molecule has 0 bridgehead atoms. The lowest BCUT2D eigenvalue weighted by Gasteiger charge is -2.39. The van der Waals surface area contributed by atoms with Gasteiger partial charge in [0.2, 0.25) is 0 Å². The first-order valence-electron chi connectivity index (χ1n) is 4.78. The molecular formula is C9H18N2. The van der Waals surface area contributed by atoms with Gasteiger partial charge in [0.1, 0.15) is 0 Å². The third-order valence-corrected chi connectivity index (χ3v) is 3.06. The maximum atomic E-state index is 3.38. The van der Waals surface area contributed by atoms with Crippen LogP contribution in [0.3, 0.4) is 0 Å². The summed E-state index contributed by atoms with van der Waals surface area (Å²) in [5.41, 5.74) is 0.704. The molecule has 2 aliphatic heterocycles. The van der Waals surface area contributed by atoms with Crippen molar-refractivity contribution in [3.63, 3.8) is 0 Å². The summed E-state index contributed by atoms with van der Waals surface area (Å²) in [5, 5.41) is 3.38. The molecule has 0 saturated carbocycles. The van der Waals surface area contributed by atoms with Crippen LogP contribution in [-0.4, -0.2) is 37.6 Å². The minimum Gasteiger partial charge on any atom is -0.315 e. The maximum Gasteiger partial charge on any atom is 0.00918 e. The smallest absolute Gasteiger partial charge is 0.00918 e. The molecule has 2 fully saturated rings. The van der Waals surface area contributed by atoms with Crippen LogP contribution in [0.4, 0.5) is 0 Å². The van der Waals surface area contributed by atoms with Gasteiger partial charge in [0.05, 0.1) is 0 Å². The molecule has 2 heterocycles. The van der Waals surface area contributed by atoms with E-state index in [1.165, 1.54) is 45.6 Å². The van der Waals surface area contributed by atoms with E-state index in [1.54, 1.807) is 0 Å². The van der Waals surface area contributed by atoms with Gasteiger partial charge in [-0.05, 0) is 25.9 Å². The van der Waals surface area contributed by atoms with E-state index in [0.29, 0.717) is 5.41 Å². The van der Waals surface area contributed by atoms with Gasteiger partial charge in [-0.25, -0.2) is 0 Å². The van der Waals surface area contributed by atoms with Crippen LogP contribution in [0.15, 0.2) is 0 Å². The number of nitrogens with one attached hydrogen (secondary N) is 1. The SMILES string of the molecule is CCCN1CCC2(CNC2)C1. The van der Waals surface area contributed by atoms with E-state index in [1.807, 2.05) is 0 Å². The van der Waals surface area contributed by atoms with E-state index in [-0.39, 0.29) is 0 Å². The van der Waals surface area contributed by atoms with Crippen molar-refractivity contribution in [3.8, 4) is 0 Å². The number of hydrogen-bond donors (Lipinski definition) is 1. The van der Waals surface area contributed by atoms with Gasteiger partial charge >= 0.3 is 0 Å². The molecule has 0 aliphatic carbocycles. The Balaban J connectivity index is 1.83. The highest BCUT2D eigenvalue weighted by Gasteiger charge is 2.42. The molecule has 2 rings (SSSR count). The summed E-state index contributed by atoms with van der Waals surface area (Å²) in [5.74, 6) is 0. The average molecular weight is 154 g/mol. The zero-order valence-corrected chi connectivity index (χ0v) is 7.40. The Bertz CT molecular complexity index is 140. The first-order chi connectivity index (χ1) is 5.35. The van der Waals surface area contributed by atoms with E-state index in [2.05, 4.69) is 17.1 Å². The fourth-order valence-corrected chi connectivity index (χ4v) is 2.30. The Hall–Kier alpha value is -0.0800. The van der Waals surface area contributed by atoms with Crippen LogP contribution in [0.25, 0.3) is 0 Å². The molecule has 0 radical (unpaired) electrons. The van der Waals surface area contributed by atoms with Crippen LogP contribution in [0, 0.1) is 5.41 Å². The molecule has 0 amide bonds. The molecule has 0 aromatic heterocycles. The minimum absolute atomic E-state index is 0.704. The highest BCUT2D eigenvalue weighted by Crippen LogP contribution is 2.33. The van der Waals surface area contributed by atoms with E-state index in [0.717, 1.165) is 0 Å². The first kappa shape index (κ1) is 7.56. The van der Waals surface area contributed by atoms with Gasteiger partial charge in [-0.2, -0.15) is 0 Å². The van der Waals surface area contributed by atoms with Crippen molar-refractivity contribution in [2.45, 2.75) is 19.8 Å². The summed E-state index contributed by atoms with van der Waals surface area (Å²) in [6.45, 7) is 8.82. The third kappa shape index (κ3) is 1.30. The standard InChI is InChI=1S/C9H18N2/c1-2-4-11-5-3-9(8-11)6-10-7-9/h10H,2-8H2,1H3. The first-order valence-corrected chi connectivity index (χ1v) is 4.78. The Morgan fingerprint density at radius 2 is 2.27 bits per heavy atom. The summed E-state index contributed by atoms with van der Waals surface area (Å²) in [6.07, 6.45) is 2.74. The molecule has 2 saturated heterocycles. The number of rotatable bonds is 2. The van der Waals surface area contributed by atoms with Crippen LogP contribution < -0.4 is 5.32 Å². The summed E-state index contributed by atoms with van der Waals surface area (Å²) < 4.78 is 0. The molecule has 2 heteroatoms. The second kappa shape index (κ2) is 2.76. The molecular weight excluding hydrogens is 136 g/mol. The van der Waals surface area contributed by atoms with E-state index in [9.17, 15) is 0 Å². The summed E-state index contributed by atoms with van der Waals surface area (Å²) >= 11 is 0. The zero-order valence-electron chi connectivity index (χ0n) is 7.40. The average Bonchev–Trinajstić information content (AvgIpc) is 2.32. The maximum absolute atomic E-state index is 3.38. The van der Waals surface area contributed by atoms with Crippen LogP contribution >= 0.6 is 0 Å². The summed E-state index contributed by atoms with van der Waals surface area (Å²) in [7, 11) is 0. The van der Waals surface area contributed by atoms with Crippen LogP contribution in [0.1, 0.15) is 19.8 Å². The van der Waals surface area contributed by atoms with Crippen LogP contribution in [0.5, 0.6) is 0 Å². The molecule has 1 spiro atoms. The second-order valence-electron chi connectivity index (χ2n) is 4.13. The predicted octanol–water partition coefficient (Wildman–Crippen LogP) is 0.692. The van der Waals surface area contributed by atoms with Crippen molar-refractivity contribution in [1.82, 2.24) is 10.2 Å². The van der Waals surface area contributed by atoms with Gasteiger partial charge in [-0.3, -0.25) is 0 Å². The second-order valence-corrected chi connectivity index (χ2v) is 4.13. The lowest BCUT2D eigenvalue weighted by molar-refractivity contribution is 0.169. The lowest BCUT2D eigenvalue weighted by atomic mass is 9.81. The molecule has 0 aromatic rings. The quantitative estimate of drug-likeness (QED) is 0.629. The fourth-order valence-electron chi connectivity index (χ4n) is 2.30. The molecule has 64 valence electrons. The zero-order chi connectivity index (χ0) is 7.73. The third-order valence-electron chi connectivity index (χ3n) is 3.06. The van der Waals surface area contributed by atoms with Crippen molar-refractivity contribution in [2.75, 3.05) is 32.7 Å². The van der Waals surface area contributed by atoms with E-state index >= 15 is 0 Å². The topological polar surface area (TPSA) is 15.3 Å². The van der Waals surface area contributed by atoms with Crippen molar-refractivity contribution in [1.29, 1.82) is 0 Å². The van der Waals surface area contributed by atoms with Gasteiger partial charge in [-0.1, -0.05) is 6.92 Å². The molecule has 1 N–H and O–H groups in total. The number of nitrogens with zero attached hydrogens (tertiary/aromatic N) is 1. The summed E-state index contributed by atoms with van der Waals surface area (Å²) in [4.78, 5) is 2.61. The largest absolute Gasteiger partial charge is 0.315 e. The van der Waals surface area contributed by atoms with Gasteiger partial charge in [-0.15, -0.1) is 0 Å². The van der Waals surface area contributed by atoms with Gasteiger partial charge < -0.3 is 10.2 Å². The summed E-state index contributed by atoms with van der Waals surface area (Å²) in [6, 6.07) is 0. The van der Waals surface area contributed by atoms with Crippen molar-refractivity contribution >= 4 is 0 Å². The molecule has 2 aliphatic rings. The normalized spacial score (nSPS) is 29.2. The molecule has 11 heavy (non-hydrogen) atoms. The van der Waals surface area contributed by atoms with Crippen molar-refractivity contribution in [2.24, 2.45) is 5.41 Å². The van der Waals surface area contributed by atoms with Crippen LogP contribution in [0.2, 0.25) is 0 Å². The van der Waals surface area contributed by atoms with Crippen molar-refractivity contribution < 1.29 is 0 Å². The molecule has 0 atom stereocenters. The molecule has 0 unspecified atom stereocenters. The highest BCUT2D eigenvalue weighted by atomic mass is 15.2. The molecule has 0 aromatic carbocycles. The lowest BCUT2D eigenvalue weighted by Crippen LogP contribution is -2.54.